The molecule has 276 valence electrons. The van der Waals surface area contributed by atoms with E-state index in [1.807, 2.05) is 30.4 Å². The van der Waals surface area contributed by atoms with Gasteiger partial charge in [-0.15, -0.1) is 0 Å². The molecule has 6 rings (SSSR count). The largest absolute Gasteiger partial charge is 0.487 e. The molecular formula is C37H46ClN3O9S. The maximum Gasteiger partial charge on any atom is 0.329 e. The van der Waals surface area contributed by atoms with Crippen LogP contribution in [-0.2, 0) is 47.8 Å². The highest BCUT2D eigenvalue weighted by Gasteiger charge is 2.46. The van der Waals surface area contributed by atoms with Crippen molar-refractivity contribution in [1.29, 1.82) is 0 Å². The minimum absolute atomic E-state index is 0.0420. The average molecular weight is 744 g/mol. The Labute approximate surface area is 303 Å². The molecule has 2 bridgehead atoms. The summed E-state index contributed by atoms with van der Waals surface area (Å²) in [6.45, 7) is 1.21. The van der Waals surface area contributed by atoms with Crippen LogP contribution in [0.4, 0.5) is 5.69 Å². The summed E-state index contributed by atoms with van der Waals surface area (Å²) in [5.41, 5.74) is 0.233. The molecule has 0 radical (unpaired) electrons. The first-order valence-corrected chi connectivity index (χ1v) is 19.6. The number of anilines is 1. The number of hydrogen-bond donors (Lipinski definition) is 3. The van der Waals surface area contributed by atoms with Gasteiger partial charge in [0, 0.05) is 31.7 Å². The predicted octanol–water partition coefficient (Wildman–Crippen LogP) is 4.16. The summed E-state index contributed by atoms with van der Waals surface area (Å²) < 4.78 is 40.3. The molecule has 0 spiro atoms. The standard InChI is InChI=1S/C37H46ClN3O9S/c1-40-16-4-3-7-32(50-23-35(43)44)30-14-9-25(30)21-41-17-5-2-6-24-18-28(38)11-8-26(24)22-49-33-15-10-27(19-31(33)41)37(46,20-34(40)42)36(45)39-51(47,48)29-12-13-29/h3,7-8,10-11,15,18-19,25,29-30,32,46H,2,4-6,9,12-14,16-17,20-23H2,1H3,(H,39,45)(H,43,44)/b7-3+/t25-,30+,32-,37+/m0/s1. The second-order valence-electron chi connectivity index (χ2n) is 14.2. The molecule has 2 fully saturated rings. The molecule has 2 aromatic rings. The van der Waals surface area contributed by atoms with Gasteiger partial charge in [0.15, 0.2) is 5.60 Å². The second-order valence-corrected chi connectivity index (χ2v) is 16.6. The van der Waals surface area contributed by atoms with Crippen LogP contribution in [0.5, 0.6) is 5.75 Å². The van der Waals surface area contributed by atoms with E-state index in [-0.39, 0.29) is 30.6 Å². The van der Waals surface area contributed by atoms with E-state index in [0.29, 0.717) is 48.8 Å². The quantitative estimate of drug-likeness (QED) is 0.367. The molecule has 2 aliphatic carbocycles. The van der Waals surface area contributed by atoms with Crippen molar-refractivity contribution in [1.82, 2.24) is 9.62 Å². The zero-order valence-corrected chi connectivity index (χ0v) is 30.3. The highest BCUT2D eigenvalue weighted by molar-refractivity contribution is 7.90. The van der Waals surface area contributed by atoms with Gasteiger partial charge in [0.05, 0.1) is 23.5 Å². The van der Waals surface area contributed by atoms with Crippen molar-refractivity contribution in [2.45, 2.75) is 81.3 Å². The van der Waals surface area contributed by atoms with Crippen LogP contribution in [0.15, 0.2) is 48.6 Å². The van der Waals surface area contributed by atoms with Crippen LogP contribution >= 0.6 is 11.6 Å². The first-order chi connectivity index (χ1) is 24.3. The summed E-state index contributed by atoms with van der Waals surface area (Å²) in [5.74, 6) is -2.12. The fraction of sp³-hybridized carbons (Fsp3) is 0.541. The number of ether oxygens (including phenoxy) is 2. The van der Waals surface area contributed by atoms with Crippen LogP contribution < -0.4 is 14.4 Å². The number of carbonyl (C=O) groups is 3. The number of hydrogen-bond acceptors (Lipinski definition) is 9. The van der Waals surface area contributed by atoms with Crippen LogP contribution in [-0.4, -0.2) is 86.0 Å². The molecule has 2 saturated carbocycles. The van der Waals surface area contributed by atoms with Crippen molar-refractivity contribution in [2.75, 3.05) is 38.2 Å². The minimum atomic E-state index is -4.04. The molecule has 4 atom stereocenters. The van der Waals surface area contributed by atoms with E-state index in [1.54, 1.807) is 19.2 Å². The SMILES string of the molecule is CN1CC/C=C/[C@H](OCC(=O)O)[C@@H]2CC[C@H]2CN2CCCCc3cc(Cl)ccc3COc3ccc(cc32)[C@@](O)(C(=O)NS(=O)(=O)C2CC2)CC1=O. The number of nitrogens with zero attached hydrogens (tertiary/aromatic N) is 2. The fourth-order valence-electron chi connectivity index (χ4n) is 7.19. The van der Waals surface area contributed by atoms with Crippen molar-refractivity contribution in [2.24, 2.45) is 11.8 Å². The predicted molar refractivity (Wildman–Crippen MR) is 191 cm³/mol. The molecule has 3 N–H and O–H groups in total. The lowest BCUT2D eigenvalue weighted by Crippen LogP contribution is -2.50. The summed E-state index contributed by atoms with van der Waals surface area (Å²) >= 11 is 6.35. The number of fused-ring (bicyclic) bond motifs is 3. The number of rotatable bonds is 6. The van der Waals surface area contributed by atoms with E-state index in [2.05, 4.69) is 9.62 Å². The Morgan fingerprint density at radius 1 is 1.08 bits per heavy atom. The number of amides is 2. The molecule has 12 nitrogen and oxygen atoms in total. The van der Waals surface area contributed by atoms with Crippen molar-refractivity contribution in [3.05, 3.63) is 70.3 Å². The summed E-state index contributed by atoms with van der Waals surface area (Å²) in [7, 11) is -2.49. The Kier molecular flexibility index (Phi) is 11.3. The topological polar surface area (TPSA) is 163 Å². The van der Waals surface area contributed by atoms with E-state index in [9.17, 15) is 33.0 Å². The lowest BCUT2D eigenvalue weighted by molar-refractivity contribution is -0.148. The molecule has 2 aliphatic heterocycles. The second kappa shape index (κ2) is 15.5. The Bertz CT molecular complexity index is 1780. The number of aliphatic hydroxyl groups is 1. The van der Waals surface area contributed by atoms with Gasteiger partial charge in [-0.25, -0.2) is 13.2 Å². The number of aryl methyl sites for hydroxylation is 1. The Morgan fingerprint density at radius 2 is 1.88 bits per heavy atom. The van der Waals surface area contributed by atoms with Crippen LogP contribution in [0.1, 0.15) is 68.1 Å². The zero-order valence-electron chi connectivity index (χ0n) is 28.8. The van der Waals surface area contributed by atoms with E-state index >= 15 is 0 Å². The van der Waals surface area contributed by atoms with Crippen LogP contribution in [0.3, 0.4) is 0 Å². The van der Waals surface area contributed by atoms with Gasteiger partial charge in [-0.3, -0.25) is 14.3 Å². The zero-order chi connectivity index (χ0) is 36.3. The first-order valence-electron chi connectivity index (χ1n) is 17.7. The van der Waals surface area contributed by atoms with Gasteiger partial charge in [-0.2, -0.15) is 0 Å². The van der Waals surface area contributed by atoms with Gasteiger partial charge in [-0.05, 0) is 104 Å². The number of nitrogens with one attached hydrogen (secondary N) is 1. The lowest BCUT2D eigenvalue weighted by Gasteiger charge is -2.44. The molecule has 2 heterocycles. The Balaban J connectivity index is 1.43. The molecule has 0 unspecified atom stereocenters. The normalized spacial score (nSPS) is 26.7. The van der Waals surface area contributed by atoms with Gasteiger partial charge in [0.1, 0.15) is 19.0 Å². The number of sulfonamides is 1. The average Bonchev–Trinajstić information content (AvgIpc) is 3.93. The van der Waals surface area contributed by atoms with Gasteiger partial charge in [-0.1, -0.05) is 35.9 Å². The van der Waals surface area contributed by atoms with Crippen molar-refractivity contribution < 1.29 is 42.5 Å². The molecule has 4 aliphatic rings. The van der Waals surface area contributed by atoms with Crippen LogP contribution in [0.25, 0.3) is 0 Å². The number of carbonyl (C=O) groups excluding carboxylic acids is 2. The van der Waals surface area contributed by atoms with Crippen LogP contribution in [0, 0.1) is 11.8 Å². The highest BCUT2D eigenvalue weighted by Crippen LogP contribution is 2.43. The van der Waals surface area contributed by atoms with E-state index in [4.69, 9.17) is 21.1 Å². The Hall–Kier alpha value is -3.65. The number of carboxylic acids is 1. The van der Waals surface area contributed by atoms with Gasteiger partial charge < -0.3 is 29.5 Å². The molecule has 2 aromatic carbocycles. The monoisotopic (exact) mass is 743 g/mol. The first kappa shape index (κ1) is 37.1. The summed E-state index contributed by atoms with van der Waals surface area (Å²) in [6, 6.07) is 10.6. The van der Waals surface area contributed by atoms with E-state index < -0.39 is 57.8 Å². The number of aliphatic carboxylic acids is 1. The molecule has 2 amide bonds. The van der Waals surface area contributed by atoms with Crippen molar-refractivity contribution in [3.63, 3.8) is 0 Å². The van der Waals surface area contributed by atoms with E-state index in [0.717, 1.165) is 43.2 Å². The molecule has 0 aromatic heterocycles. The number of benzene rings is 2. The summed E-state index contributed by atoms with van der Waals surface area (Å²) in [4.78, 5) is 42.5. The third kappa shape index (κ3) is 8.70. The molecule has 0 saturated heterocycles. The molecule has 51 heavy (non-hydrogen) atoms. The van der Waals surface area contributed by atoms with Crippen molar-refractivity contribution in [3.8, 4) is 5.75 Å². The van der Waals surface area contributed by atoms with Gasteiger partial charge >= 0.3 is 5.97 Å². The Morgan fingerprint density at radius 3 is 2.61 bits per heavy atom. The number of halogens is 1. The summed E-state index contributed by atoms with van der Waals surface area (Å²) in [5, 5.41) is 21.6. The summed E-state index contributed by atoms with van der Waals surface area (Å²) in [6.07, 6.45) is 8.05. The number of carboxylic acid groups (broad SMARTS) is 1. The maximum absolute atomic E-state index is 13.9. The smallest absolute Gasteiger partial charge is 0.329 e. The van der Waals surface area contributed by atoms with Gasteiger partial charge in [0.2, 0.25) is 15.9 Å². The third-order valence-corrected chi connectivity index (χ3v) is 12.6. The molecular weight excluding hydrogens is 698 g/mol. The highest BCUT2D eigenvalue weighted by atomic mass is 35.5. The lowest BCUT2D eigenvalue weighted by atomic mass is 9.70. The molecule has 14 heteroatoms. The van der Waals surface area contributed by atoms with E-state index in [1.165, 1.54) is 11.0 Å². The fourth-order valence-corrected chi connectivity index (χ4v) is 8.73. The van der Waals surface area contributed by atoms with Gasteiger partial charge in [0.25, 0.3) is 5.91 Å². The van der Waals surface area contributed by atoms with Crippen LogP contribution in [0.2, 0.25) is 5.02 Å². The third-order valence-electron chi connectivity index (χ3n) is 10.6. The van der Waals surface area contributed by atoms with Crippen molar-refractivity contribution >= 4 is 45.1 Å². The minimum Gasteiger partial charge on any atom is -0.487 e. The maximum atomic E-state index is 13.9.